The number of rotatable bonds is 4. The van der Waals surface area contributed by atoms with Gasteiger partial charge in [0.1, 0.15) is 5.75 Å². The highest BCUT2D eigenvalue weighted by Crippen LogP contribution is 2.24. The molecule has 0 aliphatic rings. The van der Waals surface area contributed by atoms with Crippen molar-refractivity contribution in [2.45, 2.75) is 13.0 Å². The number of halogens is 3. The lowest BCUT2D eigenvalue weighted by atomic mass is 10.1. The molecule has 0 aliphatic heterocycles. The maximum atomic E-state index is 12.3. The van der Waals surface area contributed by atoms with Gasteiger partial charge in [0.25, 0.3) is 0 Å². The summed E-state index contributed by atoms with van der Waals surface area (Å²) in [6.07, 6.45) is -0.619. The molecule has 0 saturated heterocycles. The second kappa shape index (κ2) is 6.78. The highest BCUT2D eigenvalue weighted by atomic mass is 127. The largest absolute Gasteiger partial charge is 0.483 e. The third-order valence-electron chi connectivity index (χ3n) is 2.67. The van der Waals surface area contributed by atoms with Crippen molar-refractivity contribution in [3.8, 4) is 5.75 Å². The van der Waals surface area contributed by atoms with E-state index in [1.165, 1.54) is 0 Å². The molecule has 0 aromatic heterocycles. The zero-order valence-electron chi connectivity index (χ0n) is 10.6. The first kappa shape index (κ1) is 15.6. The summed E-state index contributed by atoms with van der Waals surface area (Å²) in [6.45, 7) is 1.70. The molecule has 0 aliphatic carbocycles. The van der Waals surface area contributed by atoms with Crippen LogP contribution >= 0.6 is 45.8 Å². The molecular weight excluding hydrogens is 410 g/mol. The molecule has 5 heteroatoms. The lowest BCUT2D eigenvalue weighted by Crippen LogP contribution is -2.24. The van der Waals surface area contributed by atoms with Gasteiger partial charge in [-0.25, -0.2) is 0 Å². The molecule has 2 aromatic rings. The van der Waals surface area contributed by atoms with Crippen molar-refractivity contribution in [2.24, 2.45) is 0 Å². The number of carbonyl (C=O) groups excluding carboxylic acids is 1. The maximum absolute atomic E-state index is 12.3. The third-order valence-corrected chi connectivity index (χ3v) is 3.89. The van der Waals surface area contributed by atoms with Gasteiger partial charge in [0, 0.05) is 14.2 Å². The fraction of sp³-hybridized carbons (Fsp3) is 0.133. The molecule has 0 N–H and O–H groups in total. The lowest BCUT2D eigenvalue weighted by Gasteiger charge is -2.14. The summed E-state index contributed by atoms with van der Waals surface area (Å²) in [4.78, 5) is 12.3. The summed E-state index contributed by atoms with van der Waals surface area (Å²) >= 11 is 14.0. The van der Waals surface area contributed by atoms with E-state index in [1.807, 2.05) is 24.3 Å². The fourth-order valence-electron chi connectivity index (χ4n) is 1.71. The van der Waals surface area contributed by atoms with Crippen LogP contribution in [0.3, 0.4) is 0 Å². The molecule has 0 spiro atoms. The van der Waals surface area contributed by atoms with Crippen molar-refractivity contribution >= 4 is 51.6 Å². The van der Waals surface area contributed by atoms with Gasteiger partial charge in [-0.1, -0.05) is 29.3 Å². The quantitative estimate of drug-likeness (QED) is 0.498. The van der Waals surface area contributed by atoms with E-state index in [1.54, 1.807) is 25.1 Å². The van der Waals surface area contributed by atoms with Crippen LogP contribution in [0.25, 0.3) is 0 Å². The minimum atomic E-state index is -0.619. The van der Waals surface area contributed by atoms with Crippen molar-refractivity contribution in [2.75, 3.05) is 0 Å². The molecule has 2 aromatic carbocycles. The zero-order chi connectivity index (χ0) is 14.7. The molecule has 0 radical (unpaired) electrons. The van der Waals surface area contributed by atoms with Crippen molar-refractivity contribution in [3.63, 3.8) is 0 Å². The molecule has 20 heavy (non-hydrogen) atoms. The Hall–Kier alpha value is -0.780. The van der Waals surface area contributed by atoms with E-state index in [4.69, 9.17) is 27.9 Å². The van der Waals surface area contributed by atoms with Crippen molar-refractivity contribution in [1.82, 2.24) is 0 Å². The Balaban J connectivity index is 2.16. The topological polar surface area (TPSA) is 26.3 Å². The van der Waals surface area contributed by atoms with Gasteiger partial charge in [0.05, 0.1) is 5.02 Å². The minimum Gasteiger partial charge on any atom is -0.483 e. The standard InChI is InChI=1S/C15H11Cl2IO2/c1-9(20-12-4-2-3-11(18)8-12)15(19)13-6-5-10(16)7-14(13)17/h2-9H,1H3. The SMILES string of the molecule is CC(Oc1cccc(I)c1)C(=O)c1ccc(Cl)cc1Cl. The smallest absolute Gasteiger partial charge is 0.204 e. The first-order chi connectivity index (χ1) is 9.47. The first-order valence-electron chi connectivity index (χ1n) is 5.89. The molecular formula is C15H11Cl2IO2. The van der Waals surface area contributed by atoms with Crippen molar-refractivity contribution in [3.05, 3.63) is 61.6 Å². The summed E-state index contributed by atoms with van der Waals surface area (Å²) < 4.78 is 6.70. The molecule has 2 rings (SSSR count). The van der Waals surface area contributed by atoms with E-state index in [0.29, 0.717) is 21.4 Å². The summed E-state index contributed by atoms with van der Waals surface area (Å²) in [5.41, 5.74) is 0.411. The van der Waals surface area contributed by atoms with Crippen LogP contribution in [0.1, 0.15) is 17.3 Å². The molecule has 0 saturated carbocycles. The Labute approximate surface area is 141 Å². The van der Waals surface area contributed by atoms with E-state index in [0.717, 1.165) is 3.57 Å². The van der Waals surface area contributed by atoms with Gasteiger partial charge in [-0.15, -0.1) is 0 Å². The maximum Gasteiger partial charge on any atom is 0.204 e. The predicted octanol–water partition coefficient (Wildman–Crippen LogP) is 5.25. The van der Waals surface area contributed by atoms with Crippen LogP contribution in [0.2, 0.25) is 10.0 Å². The van der Waals surface area contributed by atoms with Crippen LogP contribution in [0.15, 0.2) is 42.5 Å². The second-order valence-corrected chi connectivity index (χ2v) is 6.30. The third kappa shape index (κ3) is 3.87. The van der Waals surface area contributed by atoms with Gasteiger partial charge in [0.2, 0.25) is 5.78 Å². The number of ether oxygens (including phenoxy) is 1. The first-order valence-corrected chi connectivity index (χ1v) is 7.72. The molecule has 0 amide bonds. The Morgan fingerprint density at radius 3 is 2.60 bits per heavy atom. The average molecular weight is 421 g/mol. The number of benzene rings is 2. The molecule has 2 nitrogen and oxygen atoms in total. The average Bonchev–Trinajstić information content (AvgIpc) is 2.38. The monoisotopic (exact) mass is 420 g/mol. The molecule has 1 atom stereocenters. The van der Waals surface area contributed by atoms with Crippen LogP contribution < -0.4 is 4.74 Å². The van der Waals surface area contributed by atoms with E-state index in [2.05, 4.69) is 22.6 Å². The number of ketones is 1. The Morgan fingerprint density at radius 1 is 1.20 bits per heavy atom. The summed E-state index contributed by atoms with van der Waals surface area (Å²) in [6, 6.07) is 12.3. The lowest BCUT2D eigenvalue weighted by molar-refractivity contribution is 0.0818. The normalized spacial score (nSPS) is 12.0. The fourth-order valence-corrected chi connectivity index (χ4v) is 2.72. The highest BCUT2D eigenvalue weighted by Gasteiger charge is 2.19. The number of Topliss-reactive ketones (excluding diaryl/α,β-unsaturated/α-hetero) is 1. The van der Waals surface area contributed by atoms with Gasteiger partial charge in [-0.05, 0) is 65.9 Å². The van der Waals surface area contributed by atoms with Crippen LogP contribution in [-0.2, 0) is 0 Å². The predicted molar refractivity (Wildman–Crippen MR) is 90.0 cm³/mol. The van der Waals surface area contributed by atoms with Crippen LogP contribution in [0.4, 0.5) is 0 Å². The van der Waals surface area contributed by atoms with Crippen LogP contribution in [0.5, 0.6) is 5.75 Å². The van der Waals surface area contributed by atoms with Crippen LogP contribution in [0, 0.1) is 3.57 Å². The Kier molecular flexibility index (Phi) is 5.29. The minimum absolute atomic E-state index is 0.175. The van der Waals surface area contributed by atoms with Gasteiger partial charge in [0.15, 0.2) is 6.10 Å². The molecule has 0 heterocycles. The number of hydrogen-bond acceptors (Lipinski definition) is 2. The van der Waals surface area contributed by atoms with Crippen molar-refractivity contribution < 1.29 is 9.53 Å². The summed E-state index contributed by atoms with van der Waals surface area (Å²) in [5, 5.41) is 0.832. The van der Waals surface area contributed by atoms with E-state index < -0.39 is 6.10 Å². The van der Waals surface area contributed by atoms with Crippen molar-refractivity contribution in [1.29, 1.82) is 0 Å². The van der Waals surface area contributed by atoms with E-state index >= 15 is 0 Å². The van der Waals surface area contributed by atoms with Gasteiger partial charge >= 0.3 is 0 Å². The summed E-state index contributed by atoms with van der Waals surface area (Å²) in [7, 11) is 0. The zero-order valence-corrected chi connectivity index (χ0v) is 14.2. The molecule has 1 unspecified atom stereocenters. The molecule has 104 valence electrons. The molecule has 0 bridgehead atoms. The Bertz CT molecular complexity index is 644. The van der Waals surface area contributed by atoms with E-state index in [9.17, 15) is 4.79 Å². The van der Waals surface area contributed by atoms with Crippen LogP contribution in [-0.4, -0.2) is 11.9 Å². The van der Waals surface area contributed by atoms with Gasteiger partial charge < -0.3 is 4.74 Å². The Morgan fingerprint density at radius 2 is 1.95 bits per heavy atom. The number of hydrogen-bond donors (Lipinski definition) is 0. The number of carbonyl (C=O) groups is 1. The van der Waals surface area contributed by atoms with Gasteiger partial charge in [-0.2, -0.15) is 0 Å². The van der Waals surface area contributed by atoms with Gasteiger partial charge in [-0.3, -0.25) is 4.79 Å². The summed E-state index contributed by atoms with van der Waals surface area (Å²) in [5.74, 6) is 0.480. The van der Waals surface area contributed by atoms with E-state index in [-0.39, 0.29) is 5.78 Å². The second-order valence-electron chi connectivity index (χ2n) is 4.21. The highest BCUT2D eigenvalue weighted by molar-refractivity contribution is 14.1. The molecule has 0 fully saturated rings.